The average Bonchev–Trinajstić information content (AvgIpc) is 3.33. The topological polar surface area (TPSA) is 74.2 Å². The first kappa shape index (κ1) is 20.1. The molecule has 1 aromatic carbocycles. The Kier molecular flexibility index (Phi) is 6.29. The van der Waals surface area contributed by atoms with Gasteiger partial charge in [-0.25, -0.2) is 4.98 Å². The first-order valence-electron chi connectivity index (χ1n) is 9.60. The Morgan fingerprint density at radius 3 is 2.79 bits per heavy atom. The van der Waals surface area contributed by atoms with Crippen LogP contribution in [0.5, 0.6) is 0 Å². The smallest absolute Gasteiger partial charge is 0.232 e. The molecule has 2 aromatic heterocycles. The summed E-state index contributed by atoms with van der Waals surface area (Å²) < 4.78 is 0. The summed E-state index contributed by atoms with van der Waals surface area (Å²) in [4.78, 5) is 21.7. The zero-order chi connectivity index (χ0) is 20.2. The number of aryl methyl sites for hydroxylation is 1. The lowest BCUT2D eigenvalue weighted by Crippen LogP contribution is -2.43. The second-order valence-corrected chi connectivity index (χ2v) is 9.31. The standard InChI is InChI=1S/C20H24N6OS2/c1-14-23-24-20(29-14)22-18(27)11-17-13-28-19(21-17)16-5-3-4-15(10-16)12-26-8-6-25(2)7-9-26/h3-5,10,13H,6-9,11-12H2,1-2H3,(H,22,24,27). The van der Waals surface area contributed by atoms with Gasteiger partial charge in [-0.05, 0) is 25.6 Å². The monoisotopic (exact) mass is 428 g/mol. The third-order valence-corrected chi connectivity index (χ3v) is 6.54. The Labute approximate surface area is 178 Å². The van der Waals surface area contributed by atoms with Crippen molar-refractivity contribution in [3.63, 3.8) is 0 Å². The minimum absolute atomic E-state index is 0.123. The second kappa shape index (κ2) is 9.08. The van der Waals surface area contributed by atoms with E-state index in [9.17, 15) is 4.79 Å². The third-order valence-electron chi connectivity index (χ3n) is 4.84. The van der Waals surface area contributed by atoms with Crippen LogP contribution in [0.15, 0.2) is 29.6 Å². The molecule has 7 nitrogen and oxygen atoms in total. The molecule has 1 amide bonds. The molecule has 9 heteroatoms. The van der Waals surface area contributed by atoms with Crippen molar-refractivity contribution in [2.24, 2.45) is 0 Å². The summed E-state index contributed by atoms with van der Waals surface area (Å²) in [6, 6.07) is 8.56. The Bertz CT molecular complexity index is 977. The van der Waals surface area contributed by atoms with E-state index < -0.39 is 0 Å². The molecule has 3 heterocycles. The molecular formula is C20H24N6OS2. The summed E-state index contributed by atoms with van der Waals surface area (Å²) in [6.07, 6.45) is 0.232. The van der Waals surface area contributed by atoms with Crippen molar-refractivity contribution in [2.45, 2.75) is 19.9 Å². The van der Waals surface area contributed by atoms with Gasteiger partial charge in [0.1, 0.15) is 10.0 Å². The summed E-state index contributed by atoms with van der Waals surface area (Å²) in [5.41, 5.74) is 3.18. The predicted octanol–water partition coefficient (Wildman–Crippen LogP) is 2.90. The van der Waals surface area contributed by atoms with E-state index >= 15 is 0 Å². The van der Waals surface area contributed by atoms with Crippen LogP contribution in [0.25, 0.3) is 10.6 Å². The van der Waals surface area contributed by atoms with Crippen LogP contribution in [0.4, 0.5) is 5.13 Å². The van der Waals surface area contributed by atoms with Gasteiger partial charge in [-0.15, -0.1) is 21.5 Å². The number of nitrogens with zero attached hydrogens (tertiary/aromatic N) is 5. The SMILES string of the molecule is Cc1nnc(NC(=O)Cc2csc(-c3cccc(CN4CCN(C)CC4)c3)n2)s1. The van der Waals surface area contributed by atoms with Crippen LogP contribution in [0, 0.1) is 6.92 Å². The fourth-order valence-electron chi connectivity index (χ4n) is 3.26. The number of amides is 1. The second-order valence-electron chi connectivity index (χ2n) is 7.27. The maximum Gasteiger partial charge on any atom is 0.232 e. The Balaban J connectivity index is 1.38. The highest BCUT2D eigenvalue weighted by Crippen LogP contribution is 2.25. The highest BCUT2D eigenvalue weighted by atomic mass is 32.1. The van der Waals surface area contributed by atoms with E-state index in [4.69, 9.17) is 0 Å². The number of thiazole rings is 1. The van der Waals surface area contributed by atoms with Crippen molar-refractivity contribution in [3.05, 3.63) is 45.9 Å². The van der Waals surface area contributed by atoms with Crippen molar-refractivity contribution >= 4 is 33.7 Å². The minimum atomic E-state index is -0.123. The van der Waals surface area contributed by atoms with E-state index in [1.54, 1.807) is 11.3 Å². The number of hydrogen-bond acceptors (Lipinski definition) is 8. The third kappa shape index (κ3) is 5.45. The zero-order valence-electron chi connectivity index (χ0n) is 16.6. The fraction of sp³-hybridized carbons (Fsp3) is 0.400. The van der Waals surface area contributed by atoms with Gasteiger partial charge in [-0.1, -0.05) is 29.5 Å². The first-order chi connectivity index (χ1) is 14.0. The van der Waals surface area contributed by atoms with E-state index in [2.05, 4.69) is 61.6 Å². The maximum absolute atomic E-state index is 12.2. The van der Waals surface area contributed by atoms with Gasteiger partial charge in [0.05, 0.1) is 12.1 Å². The molecule has 0 spiro atoms. The molecule has 3 aromatic rings. The molecule has 0 bridgehead atoms. The highest BCUT2D eigenvalue weighted by molar-refractivity contribution is 7.15. The van der Waals surface area contributed by atoms with E-state index in [-0.39, 0.29) is 12.3 Å². The van der Waals surface area contributed by atoms with Crippen molar-refractivity contribution in [3.8, 4) is 10.6 Å². The van der Waals surface area contributed by atoms with Crippen LogP contribution in [0.1, 0.15) is 16.3 Å². The molecule has 1 aliphatic heterocycles. The molecule has 1 saturated heterocycles. The molecule has 1 fully saturated rings. The molecule has 152 valence electrons. The number of rotatable bonds is 6. The lowest BCUT2D eigenvalue weighted by atomic mass is 10.1. The van der Waals surface area contributed by atoms with Gasteiger partial charge in [0.2, 0.25) is 11.0 Å². The van der Waals surface area contributed by atoms with E-state index in [0.717, 1.165) is 54.0 Å². The summed E-state index contributed by atoms with van der Waals surface area (Å²) in [6.45, 7) is 7.26. The number of aromatic nitrogens is 3. The van der Waals surface area contributed by atoms with Crippen molar-refractivity contribution in [2.75, 3.05) is 38.5 Å². The molecule has 0 aliphatic carbocycles. The molecule has 1 N–H and O–H groups in total. The molecule has 0 unspecified atom stereocenters. The fourth-order valence-corrected chi connectivity index (χ4v) is 4.69. The van der Waals surface area contributed by atoms with Crippen LogP contribution in [0.3, 0.4) is 0 Å². The van der Waals surface area contributed by atoms with Gasteiger partial charge in [0.15, 0.2) is 0 Å². The molecular weight excluding hydrogens is 404 g/mol. The van der Waals surface area contributed by atoms with Gasteiger partial charge in [-0.3, -0.25) is 9.69 Å². The van der Waals surface area contributed by atoms with E-state index in [1.807, 2.05) is 12.3 Å². The minimum Gasteiger partial charge on any atom is -0.304 e. The normalized spacial score (nSPS) is 15.5. The highest BCUT2D eigenvalue weighted by Gasteiger charge is 2.15. The molecule has 0 atom stereocenters. The van der Waals surface area contributed by atoms with Crippen LogP contribution >= 0.6 is 22.7 Å². The van der Waals surface area contributed by atoms with Gasteiger partial charge < -0.3 is 10.2 Å². The lowest BCUT2D eigenvalue weighted by Gasteiger charge is -2.32. The lowest BCUT2D eigenvalue weighted by molar-refractivity contribution is -0.115. The van der Waals surface area contributed by atoms with Crippen LogP contribution in [0.2, 0.25) is 0 Å². The number of carbonyl (C=O) groups excluding carboxylic acids is 1. The van der Waals surface area contributed by atoms with E-state index in [1.165, 1.54) is 16.9 Å². The number of anilines is 1. The quantitative estimate of drug-likeness (QED) is 0.651. The Hall–Kier alpha value is -2.20. The molecule has 0 radical (unpaired) electrons. The number of piperazine rings is 1. The summed E-state index contributed by atoms with van der Waals surface area (Å²) in [5.74, 6) is -0.123. The van der Waals surface area contributed by atoms with Gasteiger partial charge in [0, 0.05) is 43.7 Å². The van der Waals surface area contributed by atoms with Crippen LogP contribution in [-0.2, 0) is 17.8 Å². The number of hydrogen-bond donors (Lipinski definition) is 1. The van der Waals surface area contributed by atoms with E-state index in [0.29, 0.717) is 5.13 Å². The molecule has 4 rings (SSSR count). The predicted molar refractivity (Wildman–Crippen MR) is 117 cm³/mol. The number of likely N-dealkylation sites (N-methyl/N-ethyl adjacent to an activating group) is 1. The number of benzene rings is 1. The summed E-state index contributed by atoms with van der Waals surface area (Å²) in [5, 5.41) is 14.9. The zero-order valence-corrected chi connectivity index (χ0v) is 18.2. The number of carbonyl (C=O) groups is 1. The Morgan fingerprint density at radius 1 is 1.21 bits per heavy atom. The summed E-state index contributed by atoms with van der Waals surface area (Å²) in [7, 11) is 2.17. The molecule has 29 heavy (non-hydrogen) atoms. The van der Waals surface area contributed by atoms with Crippen molar-refractivity contribution in [1.29, 1.82) is 0 Å². The molecule has 0 saturated carbocycles. The van der Waals surface area contributed by atoms with Gasteiger partial charge in [0.25, 0.3) is 0 Å². The van der Waals surface area contributed by atoms with Crippen molar-refractivity contribution < 1.29 is 4.79 Å². The van der Waals surface area contributed by atoms with Gasteiger partial charge in [-0.2, -0.15) is 0 Å². The van der Waals surface area contributed by atoms with Crippen LogP contribution < -0.4 is 5.32 Å². The average molecular weight is 429 g/mol. The Morgan fingerprint density at radius 2 is 2.03 bits per heavy atom. The maximum atomic E-state index is 12.2. The van der Waals surface area contributed by atoms with Crippen molar-refractivity contribution in [1.82, 2.24) is 25.0 Å². The largest absolute Gasteiger partial charge is 0.304 e. The van der Waals surface area contributed by atoms with Crippen LogP contribution in [-0.4, -0.2) is 64.1 Å². The first-order valence-corrected chi connectivity index (χ1v) is 11.3. The molecule has 1 aliphatic rings. The summed E-state index contributed by atoms with van der Waals surface area (Å²) >= 11 is 2.94. The van der Waals surface area contributed by atoms with Gasteiger partial charge >= 0.3 is 0 Å². The number of nitrogens with one attached hydrogen (secondary N) is 1.